The Morgan fingerprint density at radius 3 is 2.83 bits per heavy atom. The Balaban J connectivity index is 1.75. The quantitative estimate of drug-likeness (QED) is 0.741. The molecular formula is C18H18FNOS2. The van der Waals surface area contributed by atoms with Gasteiger partial charge in [0.25, 0.3) is 0 Å². The summed E-state index contributed by atoms with van der Waals surface area (Å²) in [4.78, 5) is 16.2. The standard InChI is InChI=1S/C18H18FNOS2/c1-13-10-11-20(15-7-3-5-9-17(15)23-13)18(21)12-22-16-8-4-2-6-14(16)19/h2-9,13H,10-12H2,1H3/t13-/m0/s1. The summed E-state index contributed by atoms with van der Waals surface area (Å²) < 4.78 is 13.7. The van der Waals surface area contributed by atoms with Gasteiger partial charge in [-0.2, -0.15) is 0 Å². The van der Waals surface area contributed by atoms with E-state index in [4.69, 9.17) is 0 Å². The number of para-hydroxylation sites is 1. The fourth-order valence-electron chi connectivity index (χ4n) is 2.53. The zero-order valence-electron chi connectivity index (χ0n) is 12.9. The van der Waals surface area contributed by atoms with Crippen LogP contribution in [0.2, 0.25) is 0 Å². The number of hydrogen-bond donors (Lipinski definition) is 0. The smallest absolute Gasteiger partial charge is 0.237 e. The number of carbonyl (C=O) groups excluding carboxylic acids is 1. The number of hydrogen-bond acceptors (Lipinski definition) is 3. The zero-order chi connectivity index (χ0) is 16.2. The van der Waals surface area contributed by atoms with E-state index in [1.165, 1.54) is 17.8 Å². The number of benzene rings is 2. The lowest BCUT2D eigenvalue weighted by Gasteiger charge is -2.22. The largest absolute Gasteiger partial charge is 0.311 e. The van der Waals surface area contributed by atoms with Crippen LogP contribution in [0.3, 0.4) is 0 Å². The number of thioether (sulfide) groups is 2. The molecule has 0 saturated heterocycles. The van der Waals surface area contributed by atoms with Gasteiger partial charge in [0.1, 0.15) is 5.82 Å². The fraction of sp³-hybridized carbons (Fsp3) is 0.278. The maximum absolute atomic E-state index is 13.7. The molecule has 0 saturated carbocycles. The second kappa shape index (κ2) is 7.41. The van der Waals surface area contributed by atoms with E-state index in [2.05, 4.69) is 13.0 Å². The molecule has 23 heavy (non-hydrogen) atoms. The summed E-state index contributed by atoms with van der Waals surface area (Å²) in [5.74, 6) is 0.0000524. The normalized spacial score (nSPS) is 17.5. The number of fused-ring (bicyclic) bond motifs is 1. The predicted molar refractivity (Wildman–Crippen MR) is 95.9 cm³/mol. The summed E-state index contributed by atoms with van der Waals surface area (Å²) in [5.41, 5.74) is 0.973. The van der Waals surface area contributed by atoms with Crippen LogP contribution in [0.4, 0.5) is 10.1 Å². The van der Waals surface area contributed by atoms with Crippen LogP contribution in [0.5, 0.6) is 0 Å². The molecule has 0 radical (unpaired) electrons. The molecule has 3 rings (SSSR count). The topological polar surface area (TPSA) is 20.3 Å². The third-order valence-corrected chi connectivity index (χ3v) is 6.00. The summed E-state index contributed by atoms with van der Waals surface area (Å²) in [6.45, 7) is 2.89. The second-order valence-electron chi connectivity index (χ2n) is 5.45. The number of carbonyl (C=O) groups is 1. The molecule has 5 heteroatoms. The highest BCUT2D eigenvalue weighted by Crippen LogP contribution is 2.37. The average Bonchev–Trinajstić information content (AvgIpc) is 2.72. The summed E-state index contributed by atoms with van der Waals surface area (Å²) in [6, 6.07) is 14.6. The number of nitrogens with zero attached hydrogens (tertiary/aromatic N) is 1. The lowest BCUT2D eigenvalue weighted by Crippen LogP contribution is -2.33. The highest BCUT2D eigenvalue weighted by atomic mass is 32.2. The summed E-state index contributed by atoms with van der Waals surface area (Å²) in [7, 11) is 0. The van der Waals surface area contributed by atoms with Gasteiger partial charge in [0, 0.05) is 21.6 Å². The van der Waals surface area contributed by atoms with Crippen molar-refractivity contribution in [2.24, 2.45) is 0 Å². The van der Waals surface area contributed by atoms with E-state index in [0.29, 0.717) is 16.7 Å². The van der Waals surface area contributed by atoms with E-state index in [0.717, 1.165) is 17.0 Å². The molecule has 0 aromatic heterocycles. The first-order chi connectivity index (χ1) is 11.1. The molecule has 2 aromatic rings. The Labute approximate surface area is 144 Å². The first kappa shape index (κ1) is 16.4. The molecule has 0 unspecified atom stereocenters. The van der Waals surface area contributed by atoms with E-state index in [9.17, 15) is 9.18 Å². The van der Waals surface area contributed by atoms with Gasteiger partial charge in [-0.3, -0.25) is 4.79 Å². The Bertz CT molecular complexity index is 707. The van der Waals surface area contributed by atoms with Crippen molar-refractivity contribution in [1.29, 1.82) is 0 Å². The van der Waals surface area contributed by atoms with Crippen LogP contribution in [0.25, 0.3) is 0 Å². The third kappa shape index (κ3) is 3.90. The van der Waals surface area contributed by atoms with E-state index in [1.54, 1.807) is 18.2 Å². The van der Waals surface area contributed by atoms with Gasteiger partial charge in [-0.15, -0.1) is 23.5 Å². The molecule has 2 nitrogen and oxygen atoms in total. The molecular weight excluding hydrogens is 329 g/mol. The molecule has 0 spiro atoms. The van der Waals surface area contributed by atoms with Crippen molar-refractivity contribution in [3.05, 3.63) is 54.3 Å². The van der Waals surface area contributed by atoms with Crippen LogP contribution in [-0.2, 0) is 4.79 Å². The minimum absolute atomic E-state index is 0.0282. The molecule has 0 aliphatic carbocycles. The Hall–Kier alpha value is -1.46. The summed E-state index contributed by atoms with van der Waals surface area (Å²) >= 11 is 3.07. The summed E-state index contributed by atoms with van der Waals surface area (Å²) in [6.07, 6.45) is 0.954. The molecule has 1 amide bonds. The number of halogens is 1. The maximum atomic E-state index is 13.7. The van der Waals surface area contributed by atoms with Crippen molar-refractivity contribution in [2.45, 2.75) is 28.4 Å². The van der Waals surface area contributed by atoms with E-state index in [1.807, 2.05) is 34.9 Å². The molecule has 0 bridgehead atoms. The van der Waals surface area contributed by atoms with Gasteiger partial charge >= 0.3 is 0 Å². The van der Waals surface area contributed by atoms with Crippen LogP contribution in [-0.4, -0.2) is 23.5 Å². The number of amides is 1. The van der Waals surface area contributed by atoms with Gasteiger partial charge in [-0.05, 0) is 30.7 Å². The van der Waals surface area contributed by atoms with Crippen molar-refractivity contribution in [2.75, 3.05) is 17.2 Å². The zero-order valence-corrected chi connectivity index (χ0v) is 14.5. The first-order valence-electron chi connectivity index (χ1n) is 7.58. The minimum Gasteiger partial charge on any atom is -0.311 e. The molecule has 0 fully saturated rings. The second-order valence-corrected chi connectivity index (χ2v) is 7.95. The maximum Gasteiger partial charge on any atom is 0.237 e. The van der Waals surface area contributed by atoms with Gasteiger partial charge in [-0.1, -0.05) is 31.2 Å². The van der Waals surface area contributed by atoms with E-state index in [-0.39, 0.29) is 17.5 Å². The van der Waals surface area contributed by atoms with Gasteiger partial charge in [0.2, 0.25) is 5.91 Å². The van der Waals surface area contributed by atoms with Crippen LogP contribution in [0, 0.1) is 5.82 Å². The van der Waals surface area contributed by atoms with Crippen LogP contribution >= 0.6 is 23.5 Å². The Kier molecular flexibility index (Phi) is 5.28. The van der Waals surface area contributed by atoms with Crippen LogP contribution in [0.1, 0.15) is 13.3 Å². The van der Waals surface area contributed by atoms with E-state index >= 15 is 0 Å². The van der Waals surface area contributed by atoms with Gasteiger partial charge < -0.3 is 4.90 Å². The van der Waals surface area contributed by atoms with Crippen molar-refractivity contribution >= 4 is 35.1 Å². The molecule has 1 aliphatic rings. The molecule has 0 N–H and O–H groups in total. The molecule has 2 aromatic carbocycles. The molecule has 1 aliphatic heterocycles. The van der Waals surface area contributed by atoms with Crippen molar-refractivity contribution in [3.8, 4) is 0 Å². The third-order valence-electron chi connectivity index (χ3n) is 3.73. The SMILES string of the molecule is C[C@H]1CCN(C(=O)CSc2ccccc2F)c2ccccc2S1. The van der Waals surface area contributed by atoms with Crippen LogP contribution < -0.4 is 4.90 Å². The Morgan fingerprint density at radius 1 is 1.26 bits per heavy atom. The monoisotopic (exact) mass is 347 g/mol. The predicted octanol–water partition coefficient (Wildman–Crippen LogP) is 4.84. The lowest BCUT2D eigenvalue weighted by atomic mass is 10.2. The van der Waals surface area contributed by atoms with Crippen molar-refractivity contribution in [3.63, 3.8) is 0 Å². The van der Waals surface area contributed by atoms with Gasteiger partial charge in [-0.25, -0.2) is 4.39 Å². The number of anilines is 1. The minimum atomic E-state index is -0.272. The van der Waals surface area contributed by atoms with Crippen molar-refractivity contribution < 1.29 is 9.18 Å². The first-order valence-corrected chi connectivity index (χ1v) is 9.45. The fourth-order valence-corrected chi connectivity index (χ4v) is 4.45. The molecule has 1 atom stereocenters. The Morgan fingerprint density at radius 2 is 2.00 bits per heavy atom. The summed E-state index contributed by atoms with van der Waals surface area (Å²) in [5, 5.41) is 0.480. The highest BCUT2D eigenvalue weighted by Gasteiger charge is 2.24. The van der Waals surface area contributed by atoms with Crippen LogP contribution in [0.15, 0.2) is 58.3 Å². The van der Waals surface area contributed by atoms with Crippen molar-refractivity contribution in [1.82, 2.24) is 0 Å². The average molecular weight is 347 g/mol. The molecule has 1 heterocycles. The lowest BCUT2D eigenvalue weighted by molar-refractivity contribution is -0.116. The van der Waals surface area contributed by atoms with Gasteiger partial charge in [0.15, 0.2) is 0 Å². The highest BCUT2D eigenvalue weighted by molar-refractivity contribution is 8.00. The van der Waals surface area contributed by atoms with E-state index < -0.39 is 0 Å². The van der Waals surface area contributed by atoms with Gasteiger partial charge in [0.05, 0.1) is 11.4 Å². The molecule has 120 valence electrons. The number of rotatable bonds is 3.